The number of anilines is 1. The Morgan fingerprint density at radius 2 is 2.07 bits per heavy atom. The van der Waals surface area contributed by atoms with Crippen LogP contribution in [0.1, 0.15) is 24.5 Å². The summed E-state index contributed by atoms with van der Waals surface area (Å²) >= 11 is 0. The molecule has 6 nitrogen and oxygen atoms in total. The molecule has 1 unspecified atom stereocenters. The summed E-state index contributed by atoms with van der Waals surface area (Å²) in [5.41, 5.74) is 3.55. The molecule has 28 heavy (non-hydrogen) atoms. The predicted molar refractivity (Wildman–Crippen MR) is 126 cm³/mol. The summed E-state index contributed by atoms with van der Waals surface area (Å²) < 4.78 is 5.31. The van der Waals surface area contributed by atoms with Crippen molar-refractivity contribution in [2.24, 2.45) is 4.99 Å². The van der Waals surface area contributed by atoms with Gasteiger partial charge in [-0.2, -0.15) is 0 Å². The molecule has 1 aromatic heterocycles. The highest BCUT2D eigenvalue weighted by Crippen LogP contribution is 2.21. The standard InChI is InChI=1S/C21H29N5O.HI/c1-4-22-21(24-14-17-6-5-12-23-20(17)27-3)25-18-11-13-26(15-18)19-9-7-16(2)8-10-19;/h5-10,12,18H,4,11,13-15H2,1-3H3,(H2,22,24,25);1H. The predicted octanol–water partition coefficient (Wildman–Crippen LogP) is 3.35. The number of nitrogens with one attached hydrogen (secondary N) is 2. The number of methoxy groups -OCH3 is 1. The van der Waals surface area contributed by atoms with Gasteiger partial charge in [-0.05, 0) is 38.5 Å². The molecule has 0 saturated carbocycles. The second-order valence-electron chi connectivity index (χ2n) is 6.78. The fourth-order valence-corrected chi connectivity index (χ4v) is 3.27. The Morgan fingerprint density at radius 1 is 1.29 bits per heavy atom. The van der Waals surface area contributed by atoms with Crippen LogP contribution in [0.4, 0.5) is 5.69 Å². The molecule has 1 saturated heterocycles. The molecule has 152 valence electrons. The Labute approximate surface area is 184 Å². The number of aliphatic imine (C=N–C) groups is 1. The van der Waals surface area contributed by atoms with Crippen LogP contribution in [-0.4, -0.2) is 43.7 Å². The second-order valence-corrected chi connectivity index (χ2v) is 6.78. The van der Waals surface area contributed by atoms with Gasteiger partial charge in [-0.3, -0.25) is 0 Å². The zero-order chi connectivity index (χ0) is 19.1. The summed E-state index contributed by atoms with van der Waals surface area (Å²) in [5, 5.41) is 6.91. The van der Waals surface area contributed by atoms with Crippen molar-refractivity contribution in [2.45, 2.75) is 32.9 Å². The average Bonchev–Trinajstić information content (AvgIpc) is 3.15. The maximum atomic E-state index is 5.31. The number of aromatic nitrogens is 1. The topological polar surface area (TPSA) is 61.8 Å². The Kier molecular flexibility index (Phi) is 8.82. The van der Waals surface area contributed by atoms with Gasteiger partial charge in [0, 0.05) is 43.1 Å². The van der Waals surface area contributed by atoms with E-state index in [1.54, 1.807) is 13.3 Å². The molecule has 1 aliphatic rings. The molecule has 0 spiro atoms. The molecule has 0 radical (unpaired) electrons. The van der Waals surface area contributed by atoms with Crippen molar-refractivity contribution >= 4 is 35.6 Å². The lowest BCUT2D eigenvalue weighted by Gasteiger charge is -2.20. The van der Waals surface area contributed by atoms with E-state index in [4.69, 9.17) is 9.73 Å². The maximum Gasteiger partial charge on any atom is 0.218 e. The first-order chi connectivity index (χ1) is 13.2. The Balaban J connectivity index is 0.00000280. The molecule has 0 amide bonds. The Morgan fingerprint density at radius 3 is 2.79 bits per heavy atom. The van der Waals surface area contributed by atoms with Gasteiger partial charge in [0.25, 0.3) is 0 Å². The van der Waals surface area contributed by atoms with Crippen molar-refractivity contribution in [3.63, 3.8) is 0 Å². The number of hydrogen-bond acceptors (Lipinski definition) is 4. The van der Waals surface area contributed by atoms with E-state index in [0.29, 0.717) is 18.5 Å². The van der Waals surface area contributed by atoms with Gasteiger partial charge < -0.3 is 20.3 Å². The average molecular weight is 495 g/mol. The highest BCUT2D eigenvalue weighted by atomic mass is 127. The lowest BCUT2D eigenvalue weighted by Crippen LogP contribution is -2.44. The smallest absolute Gasteiger partial charge is 0.218 e. The molecule has 2 aromatic rings. The summed E-state index contributed by atoms with van der Waals surface area (Å²) in [6.07, 6.45) is 2.82. The van der Waals surface area contributed by atoms with Crippen LogP contribution in [0.25, 0.3) is 0 Å². The maximum absolute atomic E-state index is 5.31. The van der Waals surface area contributed by atoms with Gasteiger partial charge in [0.2, 0.25) is 5.88 Å². The molecule has 2 N–H and O–H groups in total. The summed E-state index contributed by atoms with van der Waals surface area (Å²) in [5.74, 6) is 1.46. The summed E-state index contributed by atoms with van der Waals surface area (Å²) in [6, 6.07) is 13.0. The van der Waals surface area contributed by atoms with Gasteiger partial charge in [-0.1, -0.05) is 23.8 Å². The van der Waals surface area contributed by atoms with Crippen LogP contribution in [0.5, 0.6) is 5.88 Å². The van der Waals surface area contributed by atoms with E-state index < -0.39 is 0 Å². The fraction of sp³-hybridized carbons (Fsp3) is 0.429. The molecular formula is C21H30IN5O. The van der Waals surface area contributed by atoms with Gasteiger partial charge in [-0.15, -0.1) is 24.0 Å². The molecule has 2 heterocycles. The van der Waals surface area contributed by atoms with E-state index in [9.17, 15) is 0 Å². The summed E-state index contributed by atoms with van der Waals surface area (Å²) in [6.45, 7) is 7.58. The first-order valence-electron chi connectivity index (χ1n) is 9.54. The minimum atomic E-state index is 0. The van der Waals surface area contributed by atoms with E-state index in [2.05, 4.69) is 58.6 Å². The largest absolute Gasteiger partial charge is 0.481 e. The number of benzene rings is 1. The zero-order valence-electron chi connectivity index (χ0n) is 16.8. The zero-order valence-corrected chi connectivity index (χ0v) is 19.1. The van der Waals surface area contributed by atoms with Crippen molar-refractivity contribution in [1.82, 2.24) is 15.6 Å². The SMILES string of the molecule is CCNC(=NCc1cccnc1OC)NC1CCN(c2ccc(C)cc2)C1.I. The monoisotopic (exact) mass is 495 g/mol. The lowest BCUT2D eigenvalue weighted by molar-refractivity contribution is 0.392. The first kappa shape index (κ1) is 22.3. The van der Waals surface area contributed by atoms with Gasteiger partial charge in [0.15, 0.2) is 5.96 Å². The molecule has 7 heteroatoms. The van der Waals surface area contributed by atoms with E-state index in [1.807, 2.05) is 12.1 Å². The van der Waals surface area contributed by atoms with Crippen LogP contribution >= 0.6 is 24.0 Å². The lowest BCUT2D eigenvalue weighted by atomic mass is 10.2. The quantitative estimate of drug-likeness (QED) is 0.366. The van der Waals surface area contributed by atoms with E-state index in [0.717, 1.165) is 37.6 Å². The third-order valence-corrected chi connectivity index (χ3v) is 4.72. The van der Waals surface area contributed by atoms with Crippen LogP contribution in [0.2, 0.25) is 0 Å². The number of guanidine groups is 1. The molecule has 0 bridgehead atoms. The number of halogens is 1. The summed E-state index contributed by atoms with van der Waals surface area (Å²) in [4.78, 5) is 11.4. The van der Waals surface area contributed by atoms with E-state index in [1.165, 1.54) is 11.3 Å². The van der Waals surface area contributed by atoms with Gasteiger partial charge in [-0.25, -0.2) is 9.98 Å². The van der Waals surface area contributed by atoms with Crippen LogP contribution in [-0.2, 0) is 6.54 Å². The Hall–Kier alpha value is -2.03. The number of pyridine rings is 1. The van der Waals surface area contributed by atoms with E-state index >= 15 is 0 Å². The van der Waals surface area contributed by atoms with Crippen molar-refractivity contribution in [1.29, 1.82) is 0 Å². The van der Waals surface area contributed by atoms with Crippen LogP contribution in [0, 0.1) is 6.92 Å². The molecule has 0 aliphatic carbocycles. The van der Waals surface area contributed by atoms with Gasteiger partial charge in [0.1, 0.15) is 0 Å². The molecule has 1 aliphatic heterocycles. The van der Waals surface area contributed by atoms with Crippen molar-refractivity contribution in [3.8, 4) is 5.88 Å². The number of ether oxygens (including phenoxy) is 1. The minimum absolute atomic E-state index is 0. The van der Waals surface area contributed by atoms with Crippen LogP contribution in [0.15, 0.2) is 47.6 Å². The van der Waals surface area contributed by atoms with Crippen molar-refractivity contribution < 1.29 is 4.74 Å². The fourth-order valence-electron chi connectivity index (χ4n) is 3.27. The molecule has 3 rings (SSSR count). The highest BCUT2D eigenvalue weighted by molar-refractivity contribution is 14.0. The Bertz CT molecular complexity index is 766. The van der Waals surface area contributed by atoms with Crippen LogP contribution in [0.3, 0.4) is 0 Å². The van der Waals surface area contributed by atoms with E-state index in [-0.39, 0.29) is 24.0 Å². The third-order valence-electron chi connectivity index (χ3n) is 4.72. The molecular weight excluding hydrogens is 465 g/mol. The number of aryl methyl sites for hydroxylation is 1. The van der Waals surface area contributed by atoms with Crippen LogP contribution < -0.4 is 20.3 Å². The third kappa shape index (κ3) is 5.98. The normalized spacial score (nSPS) is 16.5. The molecule has 1 aromatic carbocycles. The first-order valence-corrected chi connectivity index (χ1v) is 9.54. The molecule has 1 fully saturated rings. The van der Waals surface area contributed by atoms with Crippen molar-refractivity contribution in [3.05, 3.63) is 53.7 Å². The number of nitrogens with zero attached hydrogens (tertiary/aromatic N) is 3. The summed E-state index contributed by atoms with van der Waals surface area (Å²) in [7, 11) is 1.64. The minimum Gasteiger partial charge on any atom is -0.481 e. The van der Waals surface area contributed by atoms with Crippen molar-refractivity contribution in [2.75, 3.05) is 31.6 Å². The second kappa shape index (κ2) is 11.1. The molecule has 1 atom stereocenters. The highest BCUT2D eigenvalue weighted by Gasteiger charge is 2.23. The van der Waals surface area contributed by atoms with Gasteiger partial charge >= 0.3 is 0 Å². The number of hydrogen-bond donors (Lipinski definition) is 2. The van der Waals surface area contributed by atoms with Gasteiger partial charge in [0.05, 0.1) is 13.7 Å². The number of rotatable bonds is 6.